The average Bonchev–Trinajstić information content (AvgIpc) is 3.05. The zero-order chi connectivity index (χ0) is 15.3. The molecule has 1 saturated heterocycles. The van der Waals surface area contributed by atoms with Crippen LogP contribution in [0, 0.1) is 11.8 Å². The Kier molecular flexibility index (Phi) is 5.75. The second kappa shape index (κ2) is 7.09. The van der Waals surface area contributed by atoms with E-state index < -0.39 is 29.0 Å². The van der Waals surface area contributed by atoms with Crippen molar-refractivity contribution in [3.63, 3.8) is 0 Å². The topological polar surface area (TPSA) is 131 Å². The van der Waals surface area contributed by atoms with Gasteiger partial charge in [0.15, 0.2) is 5.78 Å². The molecule has 0 aromatic carbocycles. The van der Waals surface area contributed by atoms with Gasteiger partial charge in [0, 0.05) is 11.7 Å². The van der Waals surface area contributed by atoms with Gasteiger partial charge in [0.05, 0.1) is 17.7 Å². The Labute approximate surface area is 119 Å². The second-order valence-corrected chi connectivity index (χ2v) is 5.70. The number of amides is 1. The first-order valence-corrected chi connectivity index (χ1v) is 6.93. The summed E-state index contributed by atoms with van der Waals surface area (Å²) in [5, 5.41) is 19.3. The Morgan fingerprint density at radius 2 is 2.00 bits per heavy atom. The molecule has 8 heteroatoms. The molecule has 2 rings (SSSR count). The van der Waals surface area contributed by atoms with Crippen molar-refractivity contribution in [3.05, 3.63) is 12.2 Å². The average molecular weight is 301 g/mol. The van der Waals surface area contributed by atoms with Crippen molar-refractivity contribution in [2.45, 2.75) is 12.2 Å². The first kappa shape index (κ1) is 16.2. The number of carbonyl (C=O) groups excluding carboxylic acids is 2. The third-order valence-electron chi connectivity index (χ3n) is 2.75. The maximum atomic E-state index is 11.4. The van der Waals surface area contributed by atoms with E-state index in [0.29, 0.717) is 6.54 Å². The van der Waals surface area contributed by atoms with Gasteiger partial charge in [0.25, 0.3) is 0 Å². The van der Waals surface area contributed by atoms with E-state index >= 15 is 0 Å². The van der Waals surface area contributed by atoms with Crippen LogP contribution < -0.4 is 5.32 Å². The highest BCUT2D eigenvalue weighted by Crippen LogP contribution is 2.27. The van der Waals surface area contributed by atoms with E-state index in [1.165, 1.54) is 19.1 Å². The maximum absolute atomic E-state index is 11.4. The summed E-state index contributed by atoms with van der Waals surface area (Å²) in [6.07, 6.45) is 2.62. The number of aliphatic carboxylic acids is 2. The second-order valence-electron chi connectivity index (χ2n) is 4.32. The van der Waals surface area contributed by atoms with E-state index in [4.69, 9.17) is 10.2 Å². The van der Waals surface area contributed by atoms with E-state index in [9.17, 15) is 19.2 Å². The normalized spacial score (nSPS) is 24.4. The Bertz CT molecular complexity index is 455. The predicted octanol–water partition coefficient (Wildman–Crippen LogP) is -0.235. The molecular weight excluding hydrogens is 286 g/mol. The number of allylic oxidation sites excluding steroid dienone is 1. The molecule has 2 aliphatic rings. The number of hydrogen-bond donors (Lipinski definition) is 3. The molecule has 1 heterocycles. The van der Waals surface area contributed by atoms with E-state index in [2.05, 4.69) is 5.32 Å². The summed E-state index contributed by atoms with van der Waals surface area (Å²) in [5.74, 6) is -3.32. The molecule has 3 N–H and O–H groups in total. The summed E-state index contributed by atoms with van der Waals surface area (Å²) in [5.41, 5.74) is 0. The van der Waals surface area contributed by atoms with Crippen molar-refractivity contribution < 1.29 is 29.4 Å². The molecule has 0 saturated carbocycles. The smallest absolute Gasteiger partial charge is 0.316 e. The summed E-state index contributed by atoms with van der Waals surface area (Å²) in [6.45, 7) is 2.11. The van der Waals surface area contributed by atoms with Crippen LogP contribution in [0.2, 0.25) is 0 Å². The minimum Gasteiger partial charge on any atom is -0.481 e. The van der Waals surface area contributed by atoms with Gasteiger partial charge in [-0.25, -0.2) is 0 Å². The van der Waals surface area contributed by atoms with Gasteiger partial charge in [0.1, 0.15) is 0 Å². The zero-order valence-electron chi connectivity index (χ0n) is 10.7. The molecule has 20 heavy (non-hydrogen) atoms. The lowest BCUT2D eigenvalue weighted by molar-refractivity contribution is -0.142. The monoisotopic (exact) mass is 301 g/mol. The summed E-state index contributed by atoms with van der Waals surface area (Å²) in [4.78, 5) is 42.2. The molecule has 110 valence electrons. The van der Waals surface area contributed by atoms with Crippen molar-refractivity contribution in [2.24, 2.45) is 11.8 Å². The van der Waals surface area contributed by atoms with E-state index in [0.717, 1.165) is 11.8 Å². The lowest BCUT2D eigenvalue weighted by Gasteiger charge is -2.15. The number of rotatable bonds is 5. The third kappa shape index (κ3) is 5.04. The van der Waals surface area contributed by atoms with Crippen LogP contribution in [0.5, 0.6) is 0 Å². The fourth-order valence-electron chi connectivity index (χ4n) is 1.43. The fourth-order valence-corrected chi connectivity index (χ4v) is 2.44. The van der Waals surface area contributed by atoms with Crippen LogP contribution in [0.15, 0.2) is 12.2 Å². The van der Waals surface area contributed by atoms with Gasteiger partial charge in [-0.2, -0.15) is 0 Å². The summed E-state index contributed by atoms with van der Waals surface area (Å²) < 4.78 is 0. The number of carbonyl (C=O) groups is 4. The van der Waals surface area contributed by atoms with Gasteiger partial charge in [0.2, 0.25) is 5.91 Å². The summed E-state index contributed by atoms with van der Waals surface area (Å²) in [7, 11) is 0. The van der Waals surface area contributed by atoms with Crippen LogP contribution >= 0.6 is 11.8 Å². The Hall–Kier alpha value is -1.83. The molecule has 1 aliphatic carbocycles. The summed E-state index contributed by atoms with van der Waals surface area (Å²) >= 11 is 1.08. The van der Waals surface area contributed by atoms with Gasteiger partial charge < -0.3 is 15.5 Å². The van der Waals surface area contributed by atoms with E-state index in [1.54, 1.807) is 0 Å². The van der Waals surface area contributed by atoms with Crippen LogP contribution in [-0.2, 0) is 19.2 Å². The molecule has 3 unspecified atom stereocenters. The highest BCUT2D eigenvalue weighted by molar-refractivity contribution is 8.00. The minimum atomic E-state index is -1.05. The van der Waals surface area contributed by atoms with Crippen LogP contribution in [0.1, 0.15) is 6.92 Å². The highest BCUT2D eigenvalue weighted by Gasteiger charge is 2.35. The number of carboxylic acids is 2. The Balaban J connectivity index is 0.000000425. The van der Waals surface area contributed by atoms with Crippen molar-refractivity contribution in [1.29, 1.82) is 0 Å². The molecule has 0 aromatic heterocycles. The summed E-state index contributed by atoms with van der Waals surface area (Å²) in [6, 6.07) is 0. The van der Waals surface area contributed by atoms with Crippen LogP contribution in [0.3, 0.4) is 0 Å². The van der Waals surface area contributed by atoms with Crippen LogP contribution in [-0.4, -0.2) is 51.4 Å². The van der Waals surface area contributed by atoms with Crippen LogP contribution in [0.4, 0.5) is 0 Å². The molecule has 0 aromatic rings. The number of thioether (sulfide) groups is 1. The lowest BCUT2D eigenvalue weighted by atomic mass is 9.97. The van der Waals surface area contributed by atoms with E-state index in [-0.39, 0.29) is 17.4 Å². The van der Waals surface area contributed by atoms with Crippen molar-refractivity contribution in [2.75, 3.05) is 12.3 Å². The molecule has 1 aliphatic heterocycles. The zero-order valence-corrected chi connectivity index (χ0v) is 11.6. The standard InChI is InChI=1S/C10H12O5S.C2H3NO/c1-5(9(12)13)16-4-7-6(10(14)15)2-3-8(7)11;4-2-1-3-2/h2-3,5-7H,4H2,1H3,(H,12,13)(H,14,15);1H2,(H,3,4). The van der Waals surface area contributed by atoms with Gasteiger partial charge in [-0.15, -0.1) is 11.8 Å². The lowest BCUT2D eigenvalue weighted by Crippen LogP contribution is -2.26. The molecule has 3 atom stereocenters. The first-order chi connectivity index (χ1) is 9.32. The molecule has 0 bridgehead atoms. The molecular formula is C12H15NO6S. The number of hydrogen-bond acceptors (Lipinski definition) is 5. The van der Waals surface area contributed by atoms with Gasteiger partial charge in [-0.05, 0) is 13.0 Å². The van der Waals surface area contributed by atoms with Gasteiger partial charge in [-0.3, -0.25) is 19.2 Å². The molecule has 1 fully saturated rings. The quantitative estimate of drug-likeness (QED) is 0.597. The maximum Gasteiger partial charge on any atom is 0.316 e. The van der Waals surface area contributed by atoms with Gasteiger partial charge >= 0.3 is 11.9 Å². The Morgan fingerprint density at radius 3 is 2.40 bits per heavy atom. The number of ketones is 1. The van der Waals surface area contributed by atoms with Crippen molar-refractivity contribution in [1.82, 2.24) is 5.32 Å². The molecule has 7 nitrogen and oxygen atoms in total. The minimum absolute atomic E-state index is 0.167. The molecule has 1 amide bonds. The molecule has 0 radical (unpaired) electrons. The van der Waals surface area contributed by atoms with Gasteiger partial charge in [-0.1, -0.05) is 6.08 Å². The van der Waals surface area contributed by atoms with Crippen molar-refractivity contribution in [3.8, 4) is 0 Å². The highest BCUT2D eigenvalue weighted by atomic mass is 32.2. The fraction of sp³-hybridized carbons (Fsp3) is 0.500. The van der Waals surface area contributed by atoms with Crippen LogP contribution in [0.25, 0.3) is 0 Å². The first-order valence-electron chi connectivity index (χ1n) is 5.89. The Morgan fingerprint density at radius 1 is 1.45 bits per heavy atom. The SMILES string of the molecule is CC(SCC1C(=O)C=CC1C(=O)O)C(=O)O.O=C1CN1. The largest absolute Gasteiger partial charge is 0.481 e. The molecule has 0 spiro atoms. The van der Waals surface area contributed by atoms with Crippen molar-refractivity contribution >= 4 is 35.4 Å². The predicted molar refractivity (Wildman–Crippen MR) is 71.3 cm³/mol. The number of nitrogens with one attached hydrogen (secondary N) is 1. The number of carboxylic acid groups (broad SMARTS) is 2. The van der Waals surface area contributed by atoms with E-state index in [1.807, 2.05) is 0 Å². The third-order valence-corrected chi connectivity index (χ3v) is 4.00.